The summed E-state index contributed by atoms with van der Waals surface area (Å²) >= 11 is 0. The number of aromatic nitrogens is 1. The minimum Gasteiger partial charge on any atom is -0.360 e. The number of para-hydroxylation sites is 1. The Kier molecular flexibility index (Phi) is 3.36. The second-order valence-corrected chi connectivity index (χ2v) is 5.16. The first kappa shape index (κ1) is 12.4. The third-order valence-corrected chi connectivity index (χ3v) is 3.77. The maximum absolute atomic E-state index is 12.4. The number of hydrogen-bond donors (Lipinski definition) is 1. The van der Waals surface area contributed by atoms with Crippen molar-refractivity contribution in [2.75, 3.05) is 39.8 Å². The van der Waals surface area contributed by atoms with E-state index in [0.29, 0.717) is 6.54 Å². The molecule has 4 heteroatoms. The highest BCUT2D eigenvalue weighted by atomic mass is 16.1. The number of piperazine rings is 1. The standard InChI is InChI=1S/C15H18N3O/c1-17-6-8-18(9-7-17)11-15(19)13-10-16-14-5-3-2-4-12(13)14/h2-4,10,16H,6-9,11H2,1H3. The molecule has 2 aromatic rings. The molecule has 1 fully saturated rings. The highest BCUT2D eigenvalue weighted by molar-refractivity contribution is 6.08. The molecular weight excluding hydrogens is 238 g/mol. The van der Waals surface area contributed by atoms with E-state index in [0.717, 1.165) is 42.6 Å². The zero-order valence-corrected chi connectivity index (χ0v) is 11.1. The molecule has 0 unspecified atom stereocenters. The normalized spacial score (nSPS) is 17.9. The van der Waals surface area contributed by atoms with Gasteiger partial charge in [0.05, 0.1) is 12.1 Å². The zero-order chi connectivity index (χ0) is 13.2. The number of likely N-dealkylation sites (N-methyl/N-ethyl adjacent to an activating group) is 1. The number of nitrogens with zero attached hydrogens (tertiary/aromatic N) is 2. The van der Waals surface area contributed by atoms with Gasteiger partial charge in [-0.1, -0.05) is 18.2 Å². The predicted octanol–water partition coefficient (Wildman–Crippen LogP) is 1.40. The van der Waals surface area contributed by atoms with E-state index >= 15 is 0 Å². The molecule has 1 aliphatic heterocycles. The van der Waals surface area contributed by atoms with Crippen LogP contribution in [0.25, 0.3) is 10.9 Å². The van der Waals surface area contributed by atoms with Crippen molar-refractivity contribution in [3.8, 4) is 0 Å². The maximum atomic E-state index is 12.4. The number of benzene rings is 1. The molecule has 0 bridgehead atoms. The van der Waals surface area contributed by atoms with Gasteiger partial charge in [0, 0.05) is 49.4 Å². The van der Waals surface area contributed by atoms with Crippen LogP contribution in [0.5, 0.6) is 0 Å². The van der Waals surface area contributed by atoms with Gasteiger partial charge in [0.15, 0.2) is 5.78 Å². The fraction of sp³-hybridized carbons (Fsp3) is 0.400. The van der Waals surface area contributed by atoms with E-state index in [1.54, 1.807) is 6.20 Å². The molecule has 3 rings (SSSR count). The Morgan fingerprint density at radius 1 is 1.37 bits per heavy atom. The lowest BCUT2D eigenvalue weighted by molar-refractivity contribution is 0.0878. The Balaban J connectivity index is 1.73. The van der Waals surface area contributed by atoms with Crippen LogP contribution in [0.4, 0.5) is 0 Å². The monoisotopic (exact) mass is 256 g/mol. The lowest BCUT2D eigenvalue weighted by Gasteiger charge is -2.31. The van der Waals surface area contributed by atoms with Crippen LogP contribution in [0.15, 0.2) is 24.4 Å². The molecule has 0 saturated carbocycles. The summed E-state index contributed by atoms with van der Waals surface area (Å²) < 4.78 is 0. The van der Waals surface area contributed by atoms with Crippen molar-refractivity contribution >= 4 is 16.7 Å². The summed E-state index contributed by atoms with van der Waals surface area (Å²) in [5, 5.41) is 0.974. The summed E-state index contributed by atoms with van der Waals surface area (Å²) in [6.07, 6.45) is 1.81. The third-order valence-electron chi connectivity index (χ3n) is 3.77. The van der Waals surface area contributed by atoms with Crippen molar-refractivity contribution in [1.82, 2.24) is 14.8 Å². The molecule has 1 aromatic carbocycles. The predicted molar refractivity (Wildman–Crippen MR) is 75.4 cm³/mol. The number of carbonyl (C=O) groups excluding carboxylic acids is 1. The third kappa shape index (κ3) is 2.55. The number of carbonyl (C=O) groups is 1. The van der Waals surface area contributed by atoms with Crippen molar-refractivity contribution in [2.45, 2.75) is 0 Å². The molecule has 0 spiro atoms. The molecule has 1 N–H and O–H groups in total. The highest BCUT2D eigenvalue weighted by Crippen LogP contribution is 2.18. The van der Waals surface area contributed by atoms with E-state index < -0.39 is 0 Å². The number of hydrogen-bond acceptors (Lipinski definition) is 3. The number of ketones is 1. The van der Waals surface area contributed by atoms with Crippen LogP contribution in [-0.2, 0) is 0 Å². The van der Waals surface area contributed by atoms with Gasteiger partial charge in [-0.2, -0.15) is 0 Å². The lowest BCUT2D eigenvalue weighted by atomic mass is 10.1. The molecule has 19 heavy (non-hydrogen) atoms. The van der Waals surface area contributed by atoms with Gasteiger partial charge >= 0.3 is 0 Å². The molecule has 1 saturated heterocycles. The van der Waals surface area contributed by atoms with E-state index in [-0.39, 0.29) is 5.78 Å². The van der Waals surface area contributed by atoms with E-state index in [1.807, 2.05) is 18.2 Å². The van der Waals surface area contributed by atoms with Crippen LogP contribution in [0.2, 0.25) is 0 Å². The fourth-order valence-electron chi connectivity index (χ4n) is 2.53. The molecule has 1 aliphatic rings. The molecule has 0 aliphatic carbocycles. The first-order valence-electron chi connectivity index (χ1n) is 6.66. The molecule has 99 valence electrons. The summed E-state index contributed by atoms with van der Waals surface area (Å²) in [7, 11) is 2.12. The molecule has 0 amide bonds. The van der Waals surface area contributed by atoms with Crippen LogP contribution >= 0.6 is 0 Å². The topological polar surface area (TPSA) is 39.3 Å². The van der Waals surface area contributed by atoms with Gasteiger partial charge in [0.2, 0.25) is 0 Å². The Labute approximate surface area is 113 Å². The van der Waals surface area contributed by atoms with Crippen molar-refractivity contribution in [2.24, 2.45) is 0 Å². The van der Waals surface area contributed by atoms with Crippen molar-refractivity contribution in [1.29, 1.82) is 0 Å². The van der Waals surface area contributed by atoms with Crippen molar-refractivity contribution in [3.05, 3.63) is 36.0 Å². The number of fused-ring (bicyclic) bond motifs is 1. The van der Waals surface area contributed by atoms with Gasteiger partial charge in [0.25, 0.3) is 0 Å². The Morgan fingerprint density at radius 2 is 2.16 bits per heavy atom. The summed E-state index contributed by atoms with van der Waals surface area (Å²) in [6, 6.07) is 8.85. The second-order valence-electron chi connectivity index (χ2n) is 5.16. The van der Waals surface area contributed by atoms with Gasteiger partial charge in [0.1, 0.15) is 0 Å². The Bertz CT molecular complexity index is 582. The number of Topliss-reactive ketones (excluding diaryl/α,β-unsaturated/α-hetero) is 1. The molecular formula is C15H18N3O. The lowest BCUT2D eigenvalue weighted by Crippen LogP contribution is -2.46. The van der Waals surface area contributed by atoms with Crippen LogP contribution in [0, 0.1) is 6.07 Å². The number of H-pyrrole nitrogens is 1. The van der Waals surface area contributed by atoms with E-state index in [2.05, 4.69) is 27.9 Å². The summed E-state index contributed by atoms with van der Waals surface area (Å²) in [5.74, 6) is 0.190. The van der Waals surface area contributed by atoms with Crippen LogP contribution in [-0.4, -0.2) is 60.3 Å². The SMILES string of the molecule is CN1CCN(CC(=O)c2c[nH]c3[c]cccc23)CC1. The van der Waals surface area contributed by atoms with E-state index in [9.17, 15) is 4.79 Å². The minimum atomic E-state index is 0.190. The Hall–Kier alpha value is -1.65. The average Bonchev–Trinajstić information content (AvgIpc) is 2.85. The van der Waals surface area contributed by atoms with Crippen LogP contribution < -0.4 is 0 Å². The van der Waals surface area contributed by atoms with Crippen molar-refractivity contribution < 1.29 is 4.79 Å². The minimum absolute atomic E-state index is 0.190. The fourth-order valence-corrected chi connectivity index (χ4v) is 2.53. The summed E-state index contributed by atoms with van der Waals surface area (Å²) in [6.45, 7) is 4.52. The summed E-state index contributed by atoms with van der Waals surface area (Å²) in [4.78, 5) is 20.0. The van der Waals surface area contributed by atoms with E-state index in [1.165, 1.54) is 0 Å². The smallest absolute Gasteiger partial charge is 0.178 e. The molecule has 2 heterocycles. The molecule has 0 atom stereocenters. The van der Waals surface area contributed by atoms with Gasteiger partial charge in [-0.25, -0.2) is 0 Å². The molecule has 1 aromatic heterocycles. The van der Waals surface area contributed by atoms with E-state index in [4.69, 9.17) is 0 Å². The maximum Gasteiger partial charge on any atom is 0.178 e. The van der Waals surface area contributed by atoms with Gasteiger partial charge in [-0.05, 0) is 7.05 Å². The number of rotatable bonds is 3. The number of aromatic amines is 1. The number of nitrogens with one attached hydrogen (secondary N) is 1. The average molecular weight is 256 g/mol. The molecule has 1 radical (unpaired) electrons. The largest absolute Gasteiger partial charge is 0.360 e. The van der Waals surface area contributed by atoms with Crippen molar-refractivity contribution in [3.63, 3.8) is 0 Å². The second kappa shape index (κ2) is 5.15. The van der Waals surface area contributed by atoms with Gasteiger partial charge < -0.3 is 9.88 Å². The first-order valence-corrected chi connectivity index (χ1v) is 6.66. The zero-order valence-electron chi connectivity index (χ0n) is 11.1. The Morgan fingerprint density at radius 3 is 2.95 bits per heavy atom. The summed E-state index contributed by atoms with van der Waals surface area (Å²) in [5.41, 5.74) is 1.69. The van der Waals surface area contributed by atoms with Crippen LogP contribution in [0.3, 0.4) is 0 Å². The van der Waals surface area contributed by atoms with Crippen LogP contribution in [0.1, 0.15) is 10.4 Å². The van der Waals surface area contributed by atoms with Gasteiger partial charge in [-0.15, -0.1) is 0 Å². The highest BCUT2D eigenvalue weighted by Gasteiger charge is 2.19. The van der Waals surface area contributed by atoms with Gasteiger partial charge in [-0.3, -0.25) is 9.69 Å². The molecule has 4 nitrogen and oxygen atoms in total. The first-order chi connectivity index (χ1) is 9.24. The quantitative estimate of drug-likeness (QED) is 0.844.